The molecule has 1 saturated heterocycles. The third-order valence-corrected chi connectivity index (χ3v) is 4.81. The summed E-state index contributed by atoms with van der Waals surface area (Å²) in [4.78, 5) is 16.6. The first kappa shape index (κ1) is 19.2. The number of nitriles is 1. The van der Waals surface area contributed by atoms with Crippen molar-refractivity contribution in [2.75, 3.05) is 42.9 Å². The fourth-order valence-electron chi connectivity index (χ4n) is 3.11. The Hall–Kier alpha value is -2.62. The summed E-state index contributed by atoms with van der Waals surface area (Å²) in [6.07, 6.45) is 0.940. The Bertz CT molecular complexity index is 850. The van der Waals surface area contributed by atoms with Crippen molar-refractivity contribution in [3.05, 3.63) is 58.9 Å². The Kier molecular flexibility index (Phi) is 6.28. The molecule has 140 valence electrons. The molecule has 5 nitrogen and oxygen atoms in total. The zero-order chi connectivity index (χ0) is 19.2. The van der Waals surface area contributed by atoms with Gasteiger partial charge < -0.3 is 10.2 Å². The number of hydrogen-bond acceptors (Lipinski definition) is 4. The van der Waals surface area contributed by atoms with E-state index < -0.39 is 5.82 Å². The highest BCUT2D eigenvalue weighted by Gasteiger charge is 2.17. The Morgan fingerprint density at radius 3 is 2.63 bits per heavy atom. The first-order valence-electron chi connectivity index (χ1n) is 8.77. The number of hydrogen-bond donors (Lipinski definition) is 1. The van der Waals surface area contributed by atoms with Crippen LogP contribution in [0.1, 0.15) is 12.0 Å². The van der Waals surface area contributed by atoms with Gasteiger partial charge in [0.15, 0.2) is 0 Å². The molecule has 0 spiro atoms. The topological polar surface area (TPSA) is 59.4 Å². The molecule has 2 aromatic carbocycles. The van der Waals surface area contributed by atoms with Gasteiger partial charge in [-0.05, 0) is 48.9 Å². The van der Waals surface area contributed by atoms with Gasteiger partial charge in [-0.1, -0.05) is 11.6 Å². The van der Waals surface area contributed by atoms with Gasteiger partial charge in [0.2, 0.25) is 5.91 Å². The molecule has 1 N–H and O–H groups in total. The molecule has 27 heavy (non-hydrogen) atoms. The van der Waals surface area contributed by atoms with Crippen LogP contribution in [0.2, 0.25) is 5.02 Å². The summed E-state index contributed by atoms with van der Waals surface area (Å²) in [6.45, 7) is 3.57. The highest BCUT2D eigenvalue weighted by atomic mass is 35.5. The monoisotopic (exact) mass is 386 g/mol. The predicted octanol–water partition coefficient (Wildman–Crippen LogP) is 3.50. The maximum absolute atomic E-state index is 13.2. The first-order valence-corrected chi connectivity index (χ1v) is 9.15. The Labute approximate surface area is 162 Å². The molecular weight excluding hydrogens is 367 g/mol. The zero-order valence-electron chi connectivity index (χ0n) is 14.8. The lowest BCUT2D eigenvalue weighted by molar-refractivity contribution is -0.117. The molecule has 7 heteroatoms. The summed E-state index contributed by atoms with van der Waals surface area (Å²) in [6, 6.07) is 13.8. The summed E-state index contributed by atoms with van der Waals surface area (Å²) in [5, 5.41) is 11.6. The lowest BCUT2D eigenvalue weighted by Gasteiger charge is -2.23. The maximum Gasteiger partial charge on any atom is 0.238 e. The standard InChI is InChI=1S/C20H20ClFN4O/c21-18-12-16(4-7-19(18)22)24-20(27)14-25-8-1-9-26(11-10-25)17-5-2-15(13-23)3-6-17/h2-7,12H,1,8-11,14H2,(H,24,27). The van der Waals surface area contributed by atoms with E-state index in [0.717, 1.165) is 38.3 Å². The summed E-state index contributed by atoms with van der Waals surface area (Å²) in [5.41, 5.74) is 2.22. The number of nitrogens with one attached hydrogen (secondary N) is 1. The Balaban J connectivity index is 1.53. The van der Waals surface area contributed by atoms with E-state index in [1.165, 1.54) is 18.2 Å². The normalized spacial score (nSPS) is 15.1. The van der Waals surface area contributed by atoms with E-state index in [9.17, 15) is 9.18 Å². The van der Waals surface area contributed by atoms with Crippen molar-refractivity contribution in [2.45, 2.75) is 6.42 Å². The van der Waals surface area contributed by atoms with Gasteiger partial charge in [-0.3, -0.25) is 9.69 Å². The van der Waals surface area contributed by atoms with Gasteiger partial charge in [-0.15, -0.1) is 0 Å². The fourth-order valence-corrected chi connectivity index (χ4v) is 3.29. The molecule has 1 fully saturated rings. The molecule has 2 aromatic rings. The van der Waals surface area contributed by atoms with E-state index in [1.54, 1.807) is 0 Å². The molecule has 0 aromatic heterocycles. The Morgan fingerprint density at radius 1 is 1.15 bits per heavy atom. The van der Waals surface area contributed by atoms with E-state index in [0.29, 0.717) is 11.3 Å². The van der Waals surface area contributed by atoms with Crippen LogP contribution in [-0.4, -0.2) is 43.5 Å². The third-order valence-electron chi connectivity index (χ3n) is 4.52. The molecule has 1 aliphatic heterocycles. The largest absolute Gasteiger partial charge is 0.370 e. The summed E-state index contributed by atoms with van der Waals surface area (Å²) in [7, 11) is 0. The van der Waals surface area contributed by atoms with Crippen LogP contribution < -0.4 is 10.2 Å². The zero-order valence-corrected chi connectivity index (χ0v) is 15.5. The number of anilines is 2. The van der Waals surface area contributed by atoms with Crippen molar-refractivity contribution < 1.29 is 9.18 Å². The minimum atomic E-state index is -0.509. The number of carbonyl (C=O) groups excluding carboxylic acids is 1. The number of amides is 1. The third kappa shape index (κ3) is 5.19. The molecule has 0 bridgehead atoms. The van der Waals surface area contributed by atoms with Crippen molar-refractivity contribution in [3.63, 3.8) is 0 Å². The van der Waals surface area contributed by atoms with Crippen molar-refractivity contribution in [2.24, 2.45) is 0 Å². The first-order chi connectivity index (χ1) is 13.0. The smallest absolute Gasteiger partial charge is 0.238 e. The van der Waals surface area contributed by atoms with Crippen molar-refractivity contribution >= 4 is 28.9 Å². The highest BCUT2D eigenvalue weighted by molar-refractivity contribution is 6.31. The number of halogens is 2. The average Bonchev–Trinajstić information content (AvgIpc) is 2.90. The van der Waals surface area contributed by atoms with Crippen LogP contribution in [0.5, 0.6) is 0 Å². The lowest BCUT2D eigenvalue weighted by Crippen LogP contribution is -2.36. The second-order valence-electron chi connectivity index (χ2n) is 6.45. The lowest BCUT2D eigenvalue weighted by atomic mass is 10.2. The van der Waals surface area contributed by atoms with E-state index in [1.807, 2.05) is 24.3 Å². The second-order valence-corrected chi connectivity index (χ2v) is 6.86. The molecule has 1 aliphatic rings. The summed E-state index contributed by atoms with van der Waals surface area (Å²) < 4.78 is 13.2. The summed E-state index contributed by atoms with van der Waals surface area (Å²) in [5.74, 6) is -0.658. The van der Waals surface area contributed by atoms with Crippen LogP contribution in [0.3, 0.4) is 0 Å². The SMILES string of the molecule is N#Cc1ccc(N2CCCN(CC(=O)Nc3ccc(F)c(Cl)c3)CC2)cc1. The molecule has 0 unspecified atom stereocenters. The quantitative estimate of drug-likeness (QED) is 0.873. The van der Waals surface area contributed by atoms with Crippen molar-refractivity contribution in [1.82, 2.24) is 4.90 Å². The number of benzene rings is 2. The van der Waals surface area contributed by atoms with Crippen LogP contribution >= 0.6 is 11.6 Å². The van der Waals surface area contributed by atoms with E-state index in [4.69, 9.17) is 16.9 Å². The molecule has 0 saturated carbocycles. The van der Waals surface area contributed by atoms with Crippen molar-refractivity contribution in [3.8, 4) is 6.07 Å². The molecule has 0 atom stereocenters. The molecular formula is C20H20ClFN4O. The van der Waals surface area contributed by atoms with Gasteiger partial charge in [0.05, 0.1) is 23.2 Å². The van der Waals surface area contributed by atoms with Crippen LogP contribution in [-0.2, 0) is 4.79 Å². The fraction of sp³-hybridized carbons (Fsp3) is 0.300. The van der Waals surface area contributed by atoms with Gasteiger partial charge in [0.1, 0.15) is 5.82 Å². The van der Waals surface area contributed by atoms with Crippen molar-refractivity contribution in [1.29, 1.82) is 5.26 Å². The highest BCUT2D eigenvalue weighted by Crippen LogP contribution is 2.20. The van der Waals surface area contributed by atoms with Crippen LogP contribution in [0.4, 0.5) is 15.8 Å². The van der Waals surface area contributed by atoms with Crippen LogP contribution in [0.25, 0.3) is 0 Å². The average molecular weight is 387 g/mol. The number of rotatable bonds is 4. The molecule has 1 heterocycles. The minimum Gasteiger partial charge on any atom is -0.370 e. The second kappa shape index (κ2) is 8.85. The number of nitrogens with zero attached hydrogens (tertiary/aromatic N) is 3. The van der Waals surface area contributed by atoms with E-state index in [-0.39, 0.29) is 17.5 Å². The molecule has 0 radical (unpaired) electrons. The Morgan fingerprint density at radius 2 is 1.93 bits per heavy atom. The van der Waals surface area contributed by atoms with E-state index in [2.05, 4.69) is 21.2 Å². The van der Waals surface area contributed by atoms with E-state index >= 15 is 0 Å². The van der Waals surface area contributed by atoms with Gasteiger partial charge in [-0.25, -0.2) is 4.39 Å². The van der Waals surface area contributed by atoms with Gasteiger partial charge >= 0.3 is 0 Å². The van der Waals surface area contributed by atoms with Crippen LogP contribution in [0.15, 0.2) is 42.5 Å². The molecule has 0 aliphatic carbocycles. The van der Waals surface area contributed by atoms with Gasteiger partial charge in [0, 0.05) is 37.6 Å². The predicted molar refractivity (Wildman–Crippen MR) is 104 cm³/mol. The van der Waals surface area contributed by atoms with Crippen LogP contribution in [0, 0.1) is 17.1 Å². The molecule has 1 amide bonds. The summed E-state index contributed by atoms with van der Waals surface area (Å²) >= 11 is 5.74. The van der Waals surface area contributed by atoms with Gasteiger partial charge in [-0.2, -0.15) is 5.26 Å². The molecule has 3 rings (SSSR count). The maximum atomic E-state index is 13.2. The van der Waals surface area contributed by atoms with Gasteiger partial charge in [0.25, 0.3) is 0 Å². The number of carbonyl (C=O) groups is 1. The minimum absolute atomic E-state index is 0.0133.